The monoisotopic (exact) mass is 661 g/mol. The third-order valence-corrected chi connectivity index (χ3v) is 11.1. The minimum absolute atomic E-state index is 0.000936. The van der Waals surface area contributed by atoms with Gasteiger partial charge in [0.2, 0.25) is 11.8 Å². The SMILES string of the molecule is CCCN(CCN1CCC(C(=O)c2ccc(F)cc2)CC1)C1COc2cccc(OCCCCN3C(=O)CC4(CCCC4)CC3=O)c2C1. The summed E-state index contributed by atoms with van der Waals surface area (Å²) >= 11 is 0. The third kappa shape index (κ3) is 8.28. The minimum Gasteiger partial charge on any atom is -0.493 e. The van der Waals surface area contributed by atoms with Gasteiger partial charge in [0.1, 0.15) is 23.9 Å². The van der Waals surface area contributed by atoms with Gasteiger partial charge in [0.05, 0.1) is 6.61 Å². The van der Waals surface area contributed by atoms with Crippen LogP contribution in [0.4, 0.5) is 4.39 Å². The molecule has 1 atom stereocenters. The highest BCUT2D eigenvalue weighted by Crippen LogP contribution is 2.47. The Hall–Kier alpha value is -3.30. The van der Waals surface area contributed by atoms with Gasteiger partial charge in [0.15, 0.2) is 5.78 Å². The van der Waals surface area contributed by atoms with Crippen molar-refractivity contribution in [2.75, 3.05) is 52.5 Å². The van der Waals surface area contributed by atoms with Gasteiger partial charge in [0.25, 0.3) is 0 Å². The largest absolute Gasteiger partial charge is 0.493 e. The average Bonchev–Trinajstić information content (AvgIpc) is 3.54. The first-order chi connectivity index (χ1) is 23.3. The number of Topliss-reactive ketones (excluding diaryl/α,β-unsaturated/α-hetero) is 1. The van der Waals surface area contributed by atoms with E-state index in [1.807, 2.05) is 18.2 Å². The summed E-state index contributed by atoms with van der Waals surface area (Å²) in [4.78, 5) is 45.0. The lowest BCUT2D eigenvalue weighted by molar-refractivity contribution is -0.153. The second-order valence-electron chi connectivity index (χ2n) is 14.5. The number of hydrogen-bond acceptors (Lipinski definition) is 7. The quantitative estimate of drug-likeness (QED) is 0.134. The molecule has 3 fully saturated rings. The first-order valence-corrected chi connectivity index (χ1v) is 18.3. The number of ketones is 1. The van der Waals surface area contributed by atoms with E-state index in [0.29, 0.717) is 38.2 Å². The standard InChI is InChI=1S/C39H52FN3O5/c1-2-18-42(23-22-41-20-14-30(15-21-41)38(46)29-10-12-31(40)13-11-29)32-25-33-34(8-7-9-35(33)48-28-32)47-24-6-5-19-43-36(44)26-39(27-37(43)45)16-3-4-17-39/h7-13,30,32H,2-6,14-28H2,1H3. The van der Waals surface area contributed by atoms with Gasteiger partial charge in [0, 0.05) is 55.6 Å². The number of likely N-dealkylation sites (tertiary alicyclic amines) is 2. The maximum atomic E-state index is 13.3. The Bertz CT molecular complexity index is 1400. The molecule has 4 aliphatic rings. The fourth-order valence-electron chi connectivity index (χ4n) is 8.35. The number of unbranched alkanes of at least 4 members (excludes halogenated alkanes) is 1. The molecule has 260 valence electrons. The van der Waals surface area contributed by atoms with Crippen molar-refractivity contribution in [2.45, 2.75) is 90.0 Å². The number of imide groups is 1. The van der Waals surface area contributed by atoms with Crippen LogP contribution in [0.5, 0.6) is 11.5 Å². The Morgan fingerprint density at radius 1 is 0.979 bits per heavy atom. The molecule has 3 aliphatic heterocycles. The van der Waals surface area contributed by atoms with Gasteiger partial charge in [-0.3, -0.25) is 24.2 Å². The van der Waals surface area contributed by atoms with Crippen LogP contribution in [0.1, 0.15) is 93.5 Å². The van der Waals surface area contributed by atoms with Crippen LogP contribution >= 0.6 is 0 Å². The van der Waals surface area contributed by atoms with Crippen molar-refractivity contribution in [3.05, 3.63) is 59.4 Å². The molecule has 8 nitrogen and oxygen atoms in total. The van der Waals surface area contributed by atoms with E-state index in [1.165, 1.54) is 17.0 Å². The van der Waals surface area contributed by atoms with Gasteiger partial charge in [-0.05, 0) is 113 Å². The van der Waals surface area contributed by atoms with E-state index in [1.54, 1.807) is 12.1 Å². The van der Waals surface area contributed by atoms with Gasteiger partial charge in [-0.25, -0.2) is 4.39 Å². The van der Waals surface area contributed by atoms with Crippen LogP contribution in [-0.2, 0) is 16.0 Å². The van der Waals surface area contributed by atoms with Crippen molar-refractivity contribution in [1.29, 1.82) is 0 Å². The maximum Gasteiger partial charge on any atom is 0.229 e. The molecule has 0 aromatic heterocycles. The van der Waals surface area contributed by atoms with Crippen LogP contribution in [-0.4, -0.2) is 90.8 Å². The molecule has 0 bridgehead atoms. The number of ether oxygens (including phenoxy) is 2. The van der Waals surface area contributed by atoms with Crippen molar-refractivity contribution < 1.29 is 28.2 Å². The van der Waals surface area contributed by atoms with Gasteiger partial charge in [-0.1, -0.05) is 25.8 Å². The lowest BCUT2D eigenvalue weighted by Gasteiger charge is -2.38. The molecule has 1 spiro atoms. The fourth-order valence-corrected chi connectivity index (χ4v) is 8.35. The Balaban J connectivity index is 0.954. The van der Waals surface area contributed by atoms with Crippen LogP contribution in [0.25, 0.3) is 0 Å². The Kier molecular flexibility index (Phi) is 11.5. The minimum atomic E-state index is -0.317. The zero-order valence-electron chi connectivity index (χ0n) is 28.6. The zero-order chi connectivity index (χ0) is 33.5. The number of nitrogens with zero attached hydrogens (tertiary/aromatic N) is 3. The predicted octanol–water partition coefficient (Wildman–Crippen LogP) is 6.30. The predicted molar refractivity (Wildman–Crippen MR) is 183 cm³/mol. The number of piperidine rings is 2. The summed E-state index contributed by atoms with van der Waals surface area (Å²) in [5, 5.41) is 0. The average molecular weight is 662 g/mol. The Labute approximate surface area is 284 Å². The molecule has 6 rings (SSSR count). The summed E-state index contributed by atoms with van der Waals surface area (Å²) in [6, 6.07) is 12.2. The number of hydrogen-bond donors (Lipinski definition) is 0. The van der Waals surface area contributed by atoms with E-state index >= 15 is 0 Å². The second-order valence-corrected chi connectivity index (χ2v) is 14.5. The summed E-state index contributed by atoms with van der Waals surface area (Å²) in [5.74, 6) is 1.57. The summed E-state index contributed by atoms with van der Waals surface area (Å²) in [6.07, 6.45) is 10.4. The number of amides is 2. The van der Waals surface area contributed by atoms with E-state index < -0.39 is 0 Å². The zero-order valence-corrected chi connectivity index (χ0v) is 28.6. The van der Waals surface area contributed by atoms with E-state index in [9.17, 15) is 18.8 Å². The van der Waals surface area contributed by atoms with Crippen molar-refractivity contribution in [1.82, 2.24) is 14.7 Å². The van der Waals surface area contributed by atoms with Crippen LogP contribution in [0.2, 0.25) is 0 Å². The van der Waals surface area contributed by atoms with Crippen molar-refractivity contribution >= 4 is 17.6 Å². The molecule has 48 heavy (non-hydrogen) atoms. The third-order valence-electron chi connectivity index (χ3n) is 11.1. The smallest absolute Gasteiger partial charge is 0.229 e. The molecule has 1 saturated carbocycles. The van der Waals surface area contributed by atoms with E-state index in [0.717, 1.165) is 114 Å². The summed E-state index contributed by atoms with van der Waals surface area (Å²) in [7, 11) is 0. The number of halogens is 1. The topological polar surface area (TPSA) is 79.4 Å². The molecular weight excluding hydrogens is 609 g/mol. The van der Waals surface area contributed by atoms with Crippen molar-refractivity contribution in [3.63, 3.8) is 0 Å². The van der Waals surface area contributed by atoms with E-state index in [2.05, 4.69) is 16.7 Å². The molecule has 2 saturated heterocycles. The summed E-state index contributed by atoms with van der Waals surface area (Å²) in [5.41, 5.74) is 1.66. The number of rotatable bonds is 14. The van der Waals surface area contributed by atoms with Gasteiger partial charge in [-0.15, -0.1) is 0 Å². The number of fused-ring (bicyclic) bond motifs is 1. The highest BCUT2D eigenvalue weighted by atomic mass is 19.1. The van der Waals surface area contributed by atoms with Gasteiger partial charge in [-0.2, -0.15) is 0 Å². The van der Waals surface area contributed by atoms with Crippen LogP contribution in [0.15, 0.2) is 42.5 Å². The Morgan fingerprint density at radius 3 is 2.42 bits per heavy atom. The molecule has 1 unspecified atom stereocenters. The fraction of sp³-hybridized carbons (Fsp3) is 0.615. The van der Waals surface area contributed by atoms with Crippen molar-refractivity contribution in [2.24, 2.45) is 11.3 Å². The van der Waals surface area contributed by atoms with Gasteiger partial charge >= 0.3 is 0 Å². The normalized spacial score (nSPS) is 21.5. The number of carbonyl (C=O) groups is 3. The molecule has 2 aromatic carbocycles. The summed E-state index contributed by atoms with van der Waals surface area (Å²) in [6.45, 7) is 8.51. The van der Waals surface area contributed by atoms with E-state index in [4.69, 9.17) is 9.47 Å². The van der Waals surface area contributed by atoms with Crippen LogP contribution in [0.3, 0.4) is 0 Å². The molecule has 3 heterocycles. The molecular formula is C39H52FN3O5. The van der Waals surface area contributed by atoms with Crippen LogP contribution < -0.4 is 9.47 Å². The molecule has 2 amide bonds. The summed E-state index contributed by atoms with van der Waals surface area (Å²) < 4.78 is 25.9. The molecule has 2 aromatic rings. The van der Waals surface area contributed by atoms with Gasteiger partial charge < -0.3 is 14.4 Å². The first-order valence-electron chi connectivity index (χ1n) is 18.3. The second kappa shape index (κ2) is 15.9. The molecule has 1 aliphatic carbocycles. The lowest BCUT2D eigenvalue weighted by Crippen LogP contribution is -2.48. The van der Waals surface area contributed by atoms with Crippen LogP contribution in [0, 0.1) is 17.2 Å². The molecule has 0 N–H and O–H groups in total. The lowest BCUT2D eigenvalue weighted by atomic mass is 9.76. The number of carbonyl (C=O) groups excluding carboxylic acids is 3. The molecule has 9 heteroatoms. The van der Waals surface area contributed by atoms with Crippen molar-refractivity contribution in [3.8, 4) is 11.5 Å². The van der Waals surface area contributed by atoms with E-state index in [-0.39, 0.29) is 40.8 Å². The molecule has 0 radical (unpaired) electrons. The Morgan fingerprint density at radius 2 is 1.71 bits per heavy atom. The highest BCUT2D eigenvalue weighted by molar-refractivity contribution is 5.98. The highest BCUT2D eigenvalue weighted by Gasteiger charge is 2.44. The maximum absolute atomic E-state index is 13.3. The number of benzene rings is 2. The first kappa shape index (κ1) is 34.6.